The van der Waals surface area contributed by atoms with Crippen molar-refractivity contribution in [3.8, 4) is 5.75 Å². The maximum absolute atomic E-state index is 15.5. The molecule has 1 amide bonds. The molecule has 14 nitrogen and oxygen atoms in total. The zero-order valence-electron chi connectivity index (χ0n) is 38.0. The largest absolute Gasteiger partial charge is 0.496 e. The molecule has 1 unspecified atom stereocenters. The number of hydrogen-bond acceptors (Lipinski definition) is 12. The van der Waals surface area contributed by atoms with Gasteiger partial charge in [-0.25, -0.2) is 4.79 Å². The Kier molecular flexibility index (Phi) is 10.6. The number of para-hydroxylation sites is 1. The topological polar surface area (TPSA) is 163 Å². The van der Waals surface area contributed by atoms with Crippen molar-refractivity contribution in [1.82, 2.24) is 20.1 Å². The summed E-state index contributed by atoms with van der Waals surface area (Å²) in [5.41, 5.74) is -1.25. The molecule has 10 atom stereocenters. The molecule has 14 heteroatoms. The lowest BCUT2D eigenvalue weighted by Crippen LogP contribution is -2.81. The first kappa shape index (κ1) is 43.3. The highest BCUT2D eigenvalue weighted by atomic mass is 16.6. The third-order valence-corrected chi connectivity index (χ3v) is 16.4. The van der Waals surface area contributed by atoms with Gasteiger partial charge in [0.2, 0.25) is 11.5 Å². The van der Waals surface area contributed by atoms with E-state index in [0.717, 1.165) is 52.9 Å². The highest BCUT2D eigenvalue weighted by molar-refractivity contribution is 5.95. The molecule has 6 aliphatic rings. The van der Waals surface area contributed by atoms with Gasteiger partial charge in [0.15, 0.2) is 6.10 Å². The third kappa shape index (κ3) is 5.85. The van der Waals surface area contributed by atoms with Crippen molar-refractivity contribution >= 4 is 40.4 Å². The lowest BCUT2D eigenvalue weighted by Gasteiger charge is -2.63. The number of carbonyl (C=O) groups is 4. The Bertz CT molecular complexity index is 2400. The minimum atomic E-state index is -2.31. The number of nitrogens with one attached hydrogen (secondary N) is 2. The Morgan fingerprint density at radius 3 is 2.40 bits per heavy atom. The SMILES string of the molecule is CCC(=O)N[C@@]1(CC)C[C@H]2CN(CCc3c([nH]c4ccccc34)[C@@](C(=O)OC)(c3cc4c(cc3OC)N(C)[C@H]3[C@@](O)(C(=O)OC)[C@H](OC(C)=O)[C@]5(CC)C=CCN6CC[C@]43[C@@H]65)C2)C1. The lowest BCUT2D eigenvalue weighted by atomic mass is 9.47. The molecule has 1 aliphatic carbocycles. The van der Waals surface area contributed by atoms with E-state index in [-0.39, 0.29) is 17.9 Å². The number of H-pyrrole nitrogens is 1. The third-order valence-electron chi connectivity index (χ3n) is 16.4. The first-order valence-electron chi connectivity index (χ1n) is 22.8. The van der Waals surface area contributed by atoms with Crippen LogP contribution in [-0.2, 0) is 50.6 Å². The molecule has 3 fully saturated rings. The molecule has 1 aromatic heterocycles. The number of methoxy groups -OCH3 is 3. The van der Waals surface area contributed by atoms with Crippen LogP contribution in [0.5, 0.6) is 5.75 Å². The number of esters is 3. The average Bonchev–Trinajstić information content (AvgIpc) is 3.95. The second-order valence-electron chi connectivity index (χ2n) is 19.2. The smallest absolute Gasteiger partial charge is 0.344 e. The van der Waals surface area contributed by atoms with Gasteiger partial charge in [-0.05, 0) is 74.2 Å². The minimum absolute atomic E-state index is 0.00245. The number of anilines is 1. The molecule has 2 aromatic carbocycles. The van der Waals surface area contributed by atoms with Crippen LogP contribution in [-0.4, -0.2) is 134 Å². The van der Waals surface area contributed by atoms with Gasteiger partial charge >= 0.3 is 17.9 Å². The van der Waals surface area contributed by atoms with E-state index in [0.29, 0.717) is 69.5 Å². The van der Waals surface area contributed by atoms with Crippen molar-refractivity contribution in [3.05, 3.63) is 70.9 Å². The Balaban J connectivity index is 1.34. The van der Waals surface area contributed by atoms with Crippen molar-refractivity contribution in [1.29, 1.82) is 0 Å². The zero-order chi connectivity index (χ0) is 44.9. The Morgan fingerprint density at radius 2 is 1.71 bits per heavy atom. The van der Waals surface area contributed by atoms with Crippen LogP contribution < -0.4 is 15.0 Å². The fourth-order valence-corrected chi connectivity index (χ4v) is 14.1. The van der Waals surface area contributed by atoms with E-state index in [1.165, 1.54) is 21.1 Å². The molecule has 63 heavy (non-hydrogen) atoms. The molecule has 0 radical (unpaired) electrons. The van der Waals surface area contributed by atoms with Crippen LogP contribution in [0.2, 0.25) is 0 Å². The second kappa shape index (κ2) is 15.4. The number of benzene rings is 2. The fraction of sp³-hybridized carbons (Fsp3) is 0.592. The summed E-state index contributed by atoms with van der Waals surface area (Å²) in [6.45, 7) is 10.8. The van der Waals surface area contributed by atoms with Crippen LogP contribution in [0.15, 0.2) is 48.6 Å². The van der Waals surface area contributed by atoms with Gasteiger partial charge in [-0.2, -0.15) is 0 Å². The quantitative estimate of drug-likeness (QED) is 0.157. The van der Waals surface area contributed by atoms with E-state index in [9.17, 15) is 19.5 Å². The molecule has 3 aromatic rings. The number of hydrogen-bond donors (Lipinski definition) is 3. The summed E-state index contributed by atoms with van der Waals surface area (Å²) >= 11 is 0. The molecule has 9 rings (SSSR count). The van der Waals surface area contributed by atoms with E-state index in [4.69, 9.17) is 18.9 Å². The molecular weight excluding hydrogens is 803 g/mol. The van der Waals surface area contributed by atoms with Gasteiger partial charge in [0.05, 0.1) is 32.9 Å². The van der Waals surface area contributed by atoms with E-state index in [1.54, 1.807) is 7.11 Å². The summed E-state index contributed by atoms with van der Waals surface area (Å²) in [4.78, 5) is 66.9. The highest BCUT2D eigenvalue weighted by Crippen LogP contribution is 2.68. The number of ether oxygens (including phenoxy) is 4. The van der Waals surface area contributed by atoms with Gasteiger partial charge in [-0.1, -0.05) is 51.1 Å². The predicted octanol–water partition coefficient (Wildman–Crippen LogP) is 4.52. The Morgan fingerprint density at radius 1 is 0.952 bits per heavy atom. The van der Waals surface area contributed by atoms with E-state index in [2.05, 4.69) is 51.3 Å². The summed E-state index contributed by atoms with van der Waals surface area (Å²) in [7, 11) is 6.17. The van der Waals surface area contributed by atoms with Crippen molar-refractivity contribution in [2.24, 2.45) is 11.3 Å². The molecule has 2 bridgehead atoms. The van der Waals surface area contributed by atoms with E-state index < -0.39 is 57.4 Å². The molecule has 1 saturated carbocycles. The van der Waals surface area contributed by atoms with Crippen LogP contribution in [0.4, 0.5) is 5.69 Å². The molecule has 338 valence electrons. The molecule has 2 saturated heterocycles. The summed E-state index contributed by atoms with van der Waals surface area (Å²) in [5.74, 6) is -1.53. The maximum atomic E-state index is 15.5. The van der Waals surface area contributed by atoms with Crippen molar-refractivity contribution < 1.29 is 43.2 Å². The van der Waals surface area contributed by atoms with Gasteiger partial charge in [-0.15, -0.1) is 0 Å². The summed E-state index contributed by atoms with van der Waals surface area (Å²) in [6, 6.07) is 11.0. The summed E-state index contributed by atoms with van der Waals surface area (Å²) < 4.78 is 24.1. The number of nitrogens with zero attached hydrogens (tertiary/aromatic N) is 3. The lowest BCUT2D eigenvalue weighted by molar-refractivity contribution is -0.228. The molecule has 6 heterocycles. The Labute approximate surface area is 369 Å². The standard InChI is InChI=1S/C49H63N5O9/c1-9-38(56)51-45(10-2)25-30-26-48(43(57)61-7,39-32(17-21-53(27-30)28-45)31-15-12-13-16-35(31)50-39)34-23-33-36(24-37(34)60-6)52(5)41-47(33)19-22-54-20-14-18-46(11-3,40(47)54)42(63-29(4)55)49(41,59)44(58)62-8/h12-16,18,23-24,30,40-42,50,59H,9-11,17,19-22,25-28H2,1-8H3,(H,51,56)/t30-,40+,41-,42-,45+,46-,47-,48+,49+/m1/s1. The number of likely N-dealkylation sites (N-methyl/N-ethyl adjacent to an activating group) is 1. The van der Waals surface area contributed by atoms with E-state index >= 15 is 4.79 Å². The molecule has 1 spiro atoms. The molecule has 3 N–H and O–H groups in total. The number of carbonyl (C=O) groups excluding carboxylic acids is 4. The van der Waals surface area contributed by atoms with Crippen molar-refractivity contribution in [3.63, 3.8) is 0 Å². The molecule has 5 aliphatic heterocycles. The van der Waals surface area contributed by atoms with Crippen molar-refractivity contribution in [2.75, 3.05) is 66.0 Å². The Hall–Kier alpha value is -4.92. The first-order valence-corrected chi connectivity index (χ1v) is 22.8. The fourth-order valence-electron chi connectivity index (χ4n) is 14.1. The van der Waals surface area contributed by atoms with Gasteiger partial charge in [0.25, 0.3) is 0 Å². The van der Waals surface area contributed by atoms with Crippen LogP contribution in [0, 0.1) is 11.3 Å². The number of fused-ring (bicyclic) bond motifs is 6. The number of aliphatic hydroxyl groups is 1. The van der Waals surface area contributed by atoms with Gasteiger partial charge in [0.1, 0.15) is 11.2 Å². The van der Waals surface area contributed by atoms with Gasteiger partial charge in [0, 0.05) is 97.4 Å². The maximum Gasteiger partial charge on any atom is 0.344 e. The number of amides is 1. The predicted molar refractivity (Wildman–Crippen MR) is 237 cm³/mol. The number of aromatic amines is 1. The monoisotopic (exact) mass is 865 g/mol. The summed E-state index contributed by atoms with van der Waals surface area (Å²) in [6.07, 6.45) is 6.61. The molecular formula is C49H63N5O9. The number of rotatable bonds is 9. The van der Waals surface area contributed by atoms with Gasteiger partial charge < -0.3 is 44.2 Å². The van der Waals surface area contributed by atoms with Crippen LogP contribution in [0.1, 0.15) is 88.6 Å². The normalized spacial score (nSPS) is 35.3. The second-order valence-corrected chi connectivity index (χ2v) is 19.2. The van der Waals surface area contributed by atoms with Crippen LogP contribution in [0.25, 0.3) is 10.9 Å². The van der Waals surface area contributed by atoms with Gasteiger partial charge in [-0.3, -0.25) is 19.3 Å². The number of piperidine rings is 1. The van der Waals surface area contributed by atoms with Crippen LogP contribution >= 0.6 is 0 Å². The zero-order valence-corrected chi connectivity index (χ0v) is 38.0. The number of aromatic nitrogens is 1. The van der Waals surface area contributed by atoms with Crippen molar-refractivity contribution in [2.45, 2.75) is 113 Å². The minimum Gasteiger partial charge on any atom is -0.496 e. The van der Waals surface area contributed by atoms with Crippen LogP contribution in [0.3, 0.4) is 0 Å². The summed E-state index contributed by atoms with van der Waals surface area (Å²) in [5, 5.41) is 17.9. The average molecular weight is 866 g/mol. The first-order chi connectivity index (χ1) is 30.2. The highest BCUT2D eigenvalue weighted by Gasteiger charge is 2.80. The van der Waals surface area contributed by atoms with E-state index in [1.807, 2.05) is 50.1 Å².